The van der Waals surface area contributed by atoms with Crippen LogP contribution in [0.2, 0.25) is 0 Å². The van der Waals surface area contributed by atoms with Gasteiger partial charge in [0.2, 0.25) is 5.78 Å². The van der Waals surface area contributed by atoms with E-state index in [1.165, 1.54) is 12.3 Å². The predicted molar refractivity (Wildman–Crippen MR) is 122 cm³/mol. The smallest absolute Gasteiger partial charge is 0.294 e. The van der Waals surface area contributed by atoms with Gasteiger partial charge in [0.15, 0.2) is 5.76 Å². The number of Topliss-reactive ketones (excluding diaryl/α,β-unsaturated/α-hetero) is 1. The van der Waals surface area contributed by atoms with Gasteiger partial charge < -0.3 is 9.52 Å². The Hall–Kier alpha value is -4.11. The Morgan fingerprint density at radius 2 is 1.88 bits per heavy atom. The number of benzene rings is 2. The van der Waals surface area contributed by atoms with Crippen LogP contribution in [-0.4, -0.2) is 21.8 Å². The van der Waals surface area contributed by atoms with Gasteiger partial charge in [0.25, 0.3) is 5.91 Å². The predicted octanol–water partition coefficient (Wildman–Crippen LogP) is 5.77. The molecule has 0 saturated carbocycles. The van der Waals surface area contributed by atoms with Crippen molar-refractivity contribution in [2.45, 2.75) is 13.0 Å². The Balaban J connectivity index is 1.62. The summed E-state index contributed by atoms with van der Waals surface area (Å²) in [6, 6.07) is 13.7. The quantitative estimate of drug-likeness (QED) is 0.368. The molecule has 1 aliphatic heterocycles. The summed E-state index contributed by atoms with van der Waals surface area (Å²) >= 11 is 1.12. The number of anilines is 1. The number of aliphatic hydroxyl groups excluding tert-OH is 1. The van der Waals surface area contributed by atoms with Crippen LogP contribution in [0.4, 0.5) is 14.5 Å². The van der Waals surface area contributed by atoms with Crippen LogP contribution in [0.5, 0.6) is 0 Å². The lowest BCUT2D eigenvalue weighted by Gasteiger charge is -2.25. The van der Waals surface area contributed by atoms with Crippen molar-refractivity contribution in [1.82, 2.24) is 4.98 Å². The summed E-state index contributed by atoms with van der Waals surface area (Å²) in [5, 5.41) is 11.4. The van der Waals surface area contributed by atoms with E-state index in [-0.39, 0.29) is 21.9 Å². The first-order valence-electron chi connectivity index (χ1n) is 10.2. The minimum atomic E-state index is -1.25. The molecule has 3 heterocycles. The highest BCUT2D eigenvalue weighted by atomic mass is 32.1. The van der Waals surface area contributed by atoms with Crippen LogP contribution >= 0.6 is 11.3 Å². The first-order valence-corrected chi connectivity index (χ1v) is 11.0. The molecule has 0 aliphatic carbocycles. The molecular weight excluding hydrogens is 462 g/mol. The molecule has 0 bridgehead atoms. The van der Waals surface area contributed by atoms with Crippen molar-refractivity contribution in [3.8, 4) is 10.6 Å². The molecule has 1 N–H and O–H groups in total. The van der Waals surface area contributed by atoms with Crippen molar-refractivity contribution < 1.29 is 27.9 Å². The van der Waals surface area contributed by atoms with E-state index < -0.39 is 35.1 Å². The summed E-state index contributed by atoms with van der Waals surface area (Å²) in [4.78, 5) is 32.3. The number of rotatable bonds is 5. The second kappa shape index (κ2) is 8.35. The molecule has 5 rings (SSSR count). The van der Waals surface area contributed by atoms with Gasteiger partial charge in [0.05, 0.1) is 28.1 Å². The zero-order valence-electron chi connectivity index (χ0n) is 17.7. The summed E-state index contributed by atoms with van der Waals surface area (Å²) in [5.74, 6) is -4.18. The minimum Gasteiger partial charge on any atom is -0.503 e. The van der Waals surface area contributed by atoms with Gasteiger partial charge in [-0.1, -0.05) is 30.3 Å². The average molecular weight is 478 g/mol. The first kappa shape index (κ1) is 21.7. The van der Waals surface area contributed by atoms with Gasteiger partial charge >= 0.3 is 0 Å². The third kappa shape index (κ3) is 3.50. The lowest BCUT2D eigenvalue weighted by atomic mass is 9.99. The molecular formula is C25H16F2N2O4S. The van der Waals surface area contributed by atoms with E-state index >= 15 is 0 Å². The number of carbonyl (C=O) groups excluding carboxylic acids is 2. The number of nitrogens with zero attached hydrogens (tertiary/aromatic N) is 2. The molecule has 170 valence electrons. The lowest BCUT2D eigenvalue weighted by molar-refractivity contribution is -0.117. The maximum atomic E-state index is 14.7. The number of aromatic nitrogens is 1. The highest BCUT2D eigenvalue weighted by Gasteiger charge is 2.47. The SMILES string of the molecule is Cc1nc(-c2ccccc2)sc1C(=O)C1=C(O)C(=O)N(c2ccc(F)cc2F)C1c1ccco1. The average Bonchev–Trinajstić information content (AvgIpc) is 3.54. The molecule has 1 aliphatic rings. The van der Waals surface area contributed by atoms with Crippen LogP contribution in [0.25, 0.3) is 10.6 Å². The highest BCUT2D eigenvalue weighted by Crippen LogP contribution is 2.44. The number of aliphatic hydroxyl groups is 1. The molecule has 9 heteroatoms. The van der Waals surface area contributed by atoms with Gasteiger partial charge in [-0.25, -0.2) is 13.8 Å². The van der Waals surface area contributed by atoms with Gasteiger partial charge in [-0.15, -0.1) is 11.3 Å². The molecule has 1 amide bonds. The fourth-order valence-electron chi connectivity index (χ4n) is 3.91. The van der Waals surface area contributed by atoms with Crippen molar-refractivity contribution in [2.75, 3.05) is 4.90 Å². The third-order valence-electron chi connectivity index (χ3n) is 5.46. The zero-order valence-corrected chi connectivity index (χ0v) is 18.5. The topological polar surface area (TPSA) is 83.6 Å². The van der Waals surface area contributed by atoms with E-state index in [4.69, 9.17) is 4.42 Å². The Bertz CT molecular complexity index is 1450. The number of amides is 1. The molecule has 0 radical (unpaired) electrons. The summed E-state index contributed by atoms with van der Waals surface area (Å²) in [5.41, 5.74) is 0.669. The van der Waals surface area contributed by atoms with Crippen molar-refractivity contribution in [2.24, 2.45) is 0 Å². The van der Waals surface area contributed by atoms with Crippen LogP contribution in [0.3, 0.4) is 0 Å². The van der Waals surface area contributed by atoms with Crippen molar-refractivity contribution in [3.63, 3.8) is 0 Å². The molecule has 2 aromatic heterocycles. The van der Waals surface area contributed by atoms with Crippen molar-refractivity contribution in [1.29, 1.82) is 0 Å². The minimum absolute atomic E-state index is 0.134. The number of hydrogen-bond acceptors (Lipinski definition) is 6. The summed E-state index contributed by atoms with van der Waals surface area (Å²) in [6.07, 6.45) is 1.34. The van der Waals surface area contributed by atoms with E-state index in [2.05, 4.69) is 4.98 Å². The number of hydrogen-bond donors (Lipinski definition) is 1. The van der Waals surface area contributed by atoms with Crippen LogP contribution in [-0.2, 0) is 4.79 Å². The monoisotopic (exact) mass is 478 g/mol. The van der Waals surface area contributed by atoms with E-state index in [9.17, 15) is 23.5 Å². The largest absolute Gasteiger partial charge is 0.503 e. The number of ketones is 1. The van der Waals surface area contributed by atoms with Crippen molar-refractivity contribution in [3.05, 3.63) is 106 Å². The number of halogens is 2. The third-order valence-corrected chi connectivity index (χ3v) is 6.66. The normalized spacial score (nSPS) is 15.9. The fourth-order valence-corrected chi connectivity index (χ4v) is 4.94. The standard InChI is InChI=1S/C25H16F2N2O4S/c1-13-23(34-24(28-13)14-6-3-2-4-7-14)21(30)19-20(18-8-5-11-33-18)29(25(32)22(19)31)17-10-9-15(26)12-16(17)27/h2-12,20,31H,1H3. The van der Waals surface area contributed by atoms with E-state index in [0.717, 1.165) is 33.9 Å². The van der Waals surface area contributed by atoms with Crippen LogP contribution in [0.1, 0.15) is 27.2 Å². The van der Waals surface area contributed by atoms with Crippen LogP contribution in [0.15, 0.2) is 82.7 Å². The number of aryl methyl sites for hydroxylation is 1. The van der Waals surface area contributed by atoms with Crippen LogP contribution in [0, 0.1) is 18.6 Å². The number of furan rings is 1. The Kier molecular flexibility index (Phi) is 5.33. The zero-order chi connectivity index (χ0) is 24.0. The molecule has 1 unspecified atom stereocenters. The molecule has 0 spiro atoms. The Labute approximate surface area is 196 Å². The van der Waals surface area contributed by atoms with E-state index in [1.54, 1.807) is 13.0 Å². The van der Waals surface area contributed by atoms with Gasteiger partial charge in [0.1, 0.15) is 28.4 Å². The van der Waals surface area contributed by atoms with Gasteiger partial charge in [0, 0.05) is 11.6 Å². The summed E-state index contributed by atoms with van der Waals surface area (Å²) in [7, 11) is 0. The van der Waals surface area contributed by atoms with Gasteiger partial charge in [-0.2, -0.15) is 0 Å². The molecule has 2 aromatic carbocycles. The first-order chi connectivity index (χ1) is 16.4. The maximum absolute atomic E-state index is 14.7. The number of carbonyl (C=O) groups is 2. The van der Waals surface area contributed by atoms with Crippen LogP contribution < -0.4 is 4.90 Å². The maximum Gasteiger partial charge on any atom is 0.294 e. The fraction of sp³-hybridized carbons (Fsp3) is 0.0800. The molecule has 1 atom stereocenters. The molecule has 34 heavy (non-hydrogen) atoms. The molecule has 0 fully saturated rings. The molecule has 6 nitrogen and oxygen atoms in total. The van der Waals surface area contributed by atoms with E-state index in [0.29, 0.717) is 16.8 Å². The Morgan fingerprint density at radius 3 is 2.56 bits per heavy atom. The number of thiazole rings is 1. The summed E-state index contributed by atoms with van der Waals surface area (Å²) < 4.78 is 33.6. The van der Waals surface area contributed by atoms with Gasteiger partial charge in [-0.3, -0.25) is 14.5 Å². The second-order valence-electron chi connectivity index (χ2n) is 7.58. The van der Waals surface area contributed by atoms with Gasteiger partial charge in [-0.05, 0) is 31.2 Å². The lowest BCUT2D eigenvalue weighted by Crippen LogP contribution is -2.31. The highest BCUT2D eigenvalue weighted by molar-refractivity contribution is 7.17. The molecule has 4 aromatic rings. The van der Waals surface area contributed by atoms with E-state index in [1.807, 2.05) is 30.3 Å². The summed E-state index contributed by atoms with van der Waals surface area (Å²) in [6.45, 7) is 1.66. The second-order valence-corrected chi connectivity index (χ2v) is 8.58. The molecule has 0 saturated heterocycles. The Morgan fingerprint density at radius 1 is 1.12 bits per heavy atom. The van der Waals surface area contributed by atoms with Crippen molar-refractivity contribution >= 4 is 28.7 Å².